The second kappa shape index (κ2) is 10.9. The molecule has 2 saturated carbocycles. The van der Waals surface area contributed by atoms with Gasteiger partial charge in [0.15, 0.2) is 0 Å². The van der Waals surface area contributed by atoms with Crippen LogP contribution in [0.3, 0.4) is 0 Å². The molecule has 3 fully saturated rings. The summed E-state index contributed by atoms with van der Waals surface area (Å²) in [5.74, 6) is -1.53. The first-order chi connectivity index (χ1) is 19.9. The second-order valence-electron chi connectivity index (χ2n) is 13.5. The van der Waals surface area contributed by atoms with Crippen LogP contribution in [0.2, 0.25) is 10.0 Å². The number of fused-ring (bicyclic) bond motifs is 3. The Kier molecular flexibility index (Phi) is 7.81. The predicted molar refractivity (Wildman–Crippen MR) is 161 cm³/mol. The van der Waals surface area contributed by atoms with Gasteiger partial charge < -0.3 is 25.6 Å². The van der Waals surface area contributed by atoms with Gasteiger partial charge in [-0.15, -0.1) is 0 Å². The smallest absolute Gasteiger partial charge is 0.238 e. The van der Waals surface area contributed by atoms with Crippen molar-refractivity contribution in [1.82, 2.24) is 10.6 Å². The van der Waals surface area contributed by atoms with Crippen molar-refractivity contribution in [3.8, 4) is 0 Å². The second-order valence-corrected chi connectivity index (χ2v) is 14.4. The van der Waals surface area contributed by atoms with E-state index in [0.717, 1.165) is 36.9 Å². The fourth-order valence-corrected chi connectivity index (χ4v) is 8.31. The number of ether oxygens (including phenoxy) is 1. The summed E-state index contributed by atoms with van der Waals surface area (Å²) >= 11 is 12.8. The van der Waals surface area contributed by atoms with E-state index in [0.29, 0.717) is 36.3 Å². The van der Waals surface area contributed by atoms with E-state index in [-0.39, 0.29) is 35.7 Å². The summed E-state index contributed by atoms with van der Waals surface area (Å²) in [7, 11) is 0. The van der Waals surface area contributed by atoms with Crippen LogP contribution in [0.5, 0.6) is 0 Å². The number of carbonyl (C=O) groups is 1. The summed E-state index contributed by atoms with van der Waals surface area (Å²) in [5.41, 5.74) is -0.773. The molecule has 228 valence electrons. The van der Waals surface area contributed by atoms with Gasteiger partial charge >= 0.3 is 0 Å². The summed E-state index contributed by atoms with van der Waals surface area (Å²) in [6.45, 7) is 4.39. The van der Waals surface area contributed by atoms with Crippen LogP contribution < -0.4 is 16.0 Å². The van der Waals surface area contributed by atoms with Crippen LogP contribution in [-0.4, -0.2) is 52.7 Å². The van der Waals surface area contributed by atoms with Gasteiger partial charge in [-0.05, 0) is 80.5 Å². The first-order valence-corrected chi connectivity index (χ1v) is 15.7. The molecule has 2 heterocycles. The molecule has 1 saturated heterocycles. The van der Waals surface area contributed by atoms with Crippen LogP contribution in [0.25, 0.3) is 0 Å². The first kappa shape index (κ1) is 30.1. The number of nitrogens with one attached hydrogen (secondary N) is 3. The molecule has 2 spiro atoms. The fraction of sp³-hybridized carbons (Fsp3) is 0.594. The molecule has 5 N–H and O–H groups in total. The van der Waals surface area contributed by atoms with Crippen LogP contribution in [0.1, 0.15) is 82.3 Å². The van der Waals surface area contributed by atoms with Gasteiger partial charge in [0.2, 0.25) is 5.91 Å². The van der Waals surface area contributed by atoms with Crippen molar-refractivity contribution in [3.63, 3.8) is 0 Å². The summed E-state index contributed by atoms with van der Waals surface area (Å²) in [4.78, 5) is 14.3. The minimum atomic E-state index is -1.11. The normalized spacial score (nSPS) is 33.3. The number of hydrogen-bond donors (Lipinski definition) is 5. The van der Waals surface area contributed by atoms with Crippen LogP contribution in [0.4, 0.5) is 10.1 Å². The quantitative estimate of drug-likeness (QED) is 0.305. The largest absolute Gasteiger partial charge is 0.393 e. The molecule has 7 nitrogen and oxygen atoms in total. The van der Waals surface area contributed by atoms with Gasteiger partial charge in [0.05, 0.1) is 28.8 Å². The van der Waals surface area contributed by atoms with Gasteiger partial charge in [-0.1, -0.05) is 55.2 Å². The minimum Gasteiger partial charge on any atom is -0.393 e. The number of amides is 1. The van der Waals surface area contributed by atoms with Crippen LogP contribution in [0.15, 0.2) is 36.4 Å². The topological polar surface area (TPSA) is 103 Å². The van der Waals surface area contributed by atoms with Crippen molar-refractivity contribution in [2.45, 2.75) is 100.0 Å². The van der Waals surface area contributed by atoms with Crippen molar-refractivity contribution in [3.05, 3.63) is 63.4 Å². The van der Waals surface area contributed by atoms with E-state index in [9.17, 15) is 15.0 Å². The molecule has 2 aromatic carbocycles. The SMILES string of the molecule is CC1(C)CCC2(CC1)N[C@@H](C(=O)NC1CCC(O)(CO)CC1)[C@H](c1cccc(Cl)c1F)[C@]21OCNc2cc(Cl)ccc21. The van der Waals surface area contributed by atoms with Gasteiger partial charge in [0.1, 0.15) is 18.1 Å². The molecule has 3 atom stereocenters. The fourth-order valence-electron chi connectivity index (χ4n) is 7.96. The highest BCUT2D eigenvalue weighted by atomic mass is 35.5. The van der Waals surface area contributed by atoms with E-state index in [1.54, 1.807) is 12.1 Å². The third kappa shape index (κ3) is 4.92. The average Bonchev–Trinajstić information content (AvgIpc) is 3.23. The van der Waals surface area contributed by atoms with E-state index in [1.165, 1.54) is 6.07 Å². The summed E-state index contributed by atoms with van der Waals surface area (Å²) < 4.78 is 23.0. The monoisotopic (exact) mass is 619 g/mol. The number of hydrogen-bond acceptors (Lipinski definition) is 6. The number of benzene rings is 2. The third-order valence-electron chi connectivity index (χ3n) is 10.5. The van der Waals surface area contributed by atoms with E-state index in [4.69, 9.17) is 27.9 Å². The molecule has 6 rings (SSSR count). The summed E-state index contributed by atoms with van der Waals surface area (Å²) in [6.07, 6.45) is 5.15. The Bertz CT molecular complexity index is 1360. The standard InChI is InChI=1S/C32H40Cl2FN3O4/c1-29(2)12-14-31(15-13-29)32(22-7-6-19(33)16-24(22)36-18-42-32)25(21-4-3-5-23(34)26(21)35)27(38-31)28(40)37-20-8-10-30(41,17-39)11-9-20/h3-7,16,20,25,27,36,38-39,41H,8-15,17-18H2,1-2H3,(H,37,40)/t20?,25-,27+,30?,32-/m0/s1. The van der Waals surface area contributed by atoms with E-state index >= 15 is 4.39 Å². The van der Waals surface area contributed by atoms with Gasteiger partial charge in [-0.3, -0.25) is 10.1 Å². The maximum atomic E-state index is 16.1. The van der Waals surface area contributed by atoms with Crippen LogP contribution in [0, 0.1) is 11.2 Å². The zero-order valence-electron chi connectivity index (χ0n) is 24.1. The Hall–Kier alpha value is -1.94. The van der Waals surface area contributed by atoms with Crippen molar-refractivity contribution in [2.75, 3.05) is 18.7 Å². The van der Waals surface area contributed by atoms with Gasteiger partial charge in [0.25, 0.3) is 0 Å². The molecule has 0 bridgehead atoms. The number of rotatable bonds is 4. The molecule has 2 aliphatic carbocycles. The predicted octanol–water partition coefficient (Wildman–Crippen LogP) is 5.60. The molecule has 2 aliphatic heterocycles. The Balaban J connectivity index is 1.48. The van der Waals surface area contributed by atoms with Crippen molar-refractivity contribution in [1.29, 1.82) is 0 Å². The van der Waals surface area contributed by atoms with Crippen molar-refractivity contribution in [2.24, 2.45) is 5.41 Å². The molecule has 10 heteroatoms. The Labute approximate surface area is 256 Å². The summed E-state index contributed by atoms with van der Waals surface area (Å²) in [5, 5.41) is 31.0. The summed E-state index contributed by atoms with van der Waals surface area (Å²) in [6, 6.07) is 9.59. The Morgan fingerprint density at radius 2 is 1.81 bits per heavy atom. The Morgan fingerprint density at radius 1 is 1.10 bits per heavy atom. The maximum Gasteiger partial charge on any atom is 0.238 e. The molecular formula is C32H40Cl2FN3O4. The highest BCUT2D eigenvalue weighted by Gasteiger charge is 2.69. The zero-order chi connectivity index (χ0) is 29.9. The number of aliphatic hydroxyl groups excluding tert-OH is 1. The number of halogens is 3. The molecular weight excluding hydrogens is 580 g/mol. The van der Waals surface area contributed by atoms with E-state index < -0.39 is 34.5 Å². The highest BCUT2D eigenvalue weighted by Crippen LogP contribution is 2.63. The molecule has 0 unspecified atom stereocenters. The van der Waals surface area contributed by atoms with Gasteiger partial charge in [0, 0.05) is 28.2 Å². The third-order valence-corrected chi connectivity index (χ3v) is 11.0. The van der Waals surface area contributed by atoms with Crippen molar-refractivity contribution < 1.29 is 24.1 Å². The number of aliphatic hydroxyl groups is 2. The number of anilines is 1. The molecule has 1 amide bonds. The zero-order valence-corrected chi connectivity index (χ0v) is 25.6. The van der Waals surface area contributed by atoms with Crippen molar-refractivity contribution >= 4 is 34.8 Å². The average molecular weight is 621 g/mol. The van der Waals surface area contributed by atoms with E-state index in [2.05, 4.69) is 29.8 Å². The minimum absolute atomic E-state index is 0.00614. The lowest BCUT2D eigenvalue weighted by Crippen LogP contribution is -2.61. The molecule has 42 heavy (non-hydrogen) atoms. The molecule has 4 aliphatic rings. The lowest BCUT2D eigenvalue weighted by atomic mass is 9.58. The lowest BCUT2D eigenvalue weighted by Gasteiger charge is -2.54. The van der Waals surface area contributed by atoms with Gasteiger partial charge in [-0.25, -0.2) is 4.39 Å². The van der Waals surface area contributed by atoms with Gasteiger partial charge in [-0.2, -0.15) is 0 Å². The first-order valence-electron chi connectivity index (χ1n) is 15.0. The van der Waals surface area contributed by atoms with Crippen LogP contribution >= 0.6 is 23.2 Å². The van der Waals surface area contributed by atoms with E-state index in [1.807, 2.05) is 18.2 Å². The highest BCUT2D eigenvalue weighted by molar-refractivity contribution is 6.31. The molecule has 0 radical (unpaired) electrons. The Morgan fingerprint density at radius 3 is 2.50 bits per heavy atom. The molecule has 0 aromatic heterocycles. The van der Waals surface area contributed by atoms with Crippen LogP contribution in [-0.2, 0) is 15.1 Å². The lowest BCUT2D eigenvalue weighted by molar-refractivity contribution is -0.129. The maximum absolute atomic E-state index is 16.1. The molecule has 2 aromatic rings. The number of carbonyl (C=O) groups excluding carboxylic acids is 1.